The standard InChI is InChI=1S/C26H34N4O3S/c31-26-8-4-7-25-21-11-19(15-30(25)26)14-28(16-21)17-22-18-29-10-9-20(22)12-23(29)13-27-34(32,33)24-5-2-1-3-6-24/h1-8,19-23,27H,9-18H2. The summed E-state index contributed by atoms with van der Waals surface area (Å²) in [6.45, 7) is 6.72. The summed E-state index contributed by atoms with van der Waals surface area (Å²) in [4.78, 5) is 17.8. The predicted molar refractivity (Wildman–Crippen MR) is 131 cm³/mol. The lowest BCUT2D eigenvalue weighted by Crippen LogP contribution is -2.59. The van der Waals surface area contributed by atoms with E-state index in [0.29, 0.717) is 35.1 Å². The second-order valence-electron chi connectivity index (χ2n) is 10.8. The number of rotatable bonds is 6. The van der Waals surface area contributed by atoms with Gasteiger partial charge in [-0.05, 0) is 61.8 Å². The minimum atomic E-state index is -3.46. The van der Waals surface area contributed by atoms with Crippen molar-refractivity contribution in [3.63, 3.8) is 0 Å². The maximum absolute atomic E-state index is 12.7. The fourth-order valence-corrected chi connectivity index (χ4v) is 8.13. The Hall–Kier alpha value is -2.00. The predicted octanol–water partition coefficient (Wildman–Crippen LogP) is 1.96. The molecule has 1 aromatic heterocycles. The highest BCUT2D eigenvalue weighted by molar-refractivity contribution is 7.89. The van der Waals surface area contributed by atoms with Gasteiger partial charge in [0.1, 0.15) is 0 Å². The van der Waals surface area contributed by atoms with Gasteiger partial charge in [0, 0.05) is 63.0 Å². The topological polar surface area (TPSA) is 74.7 Å². The van der Waals surface area contributed by atoms with Crippen LogP contribution in [0.5, 0.6) is 0 Å². The van der Waals surface area contributed by atoms with E-state index in [1.54, 1.807) is 30.3 Å². The lowest BCUT2D eigenvalue weighted by Gasteiger charge is -2.52. The van der Waals surface area contributed by atoms with Crippen molar-refractivity contribution >= 4 is 10.0 Å². The normalized spacial score (nSPS) is 32.9. The van der Waals surface area contributed by atoms with E-state index >= 15 is 0 Å². The van der Waals surface area contributed by atoms with Gasteiger partial charge >= 0.3 is 0 Å². The number of fused-ring (bicyclic) bond motifs is 7. The number of benzene rings is 1. The zero-order chi connectivity index (χ0) is 23.3. The summed E-state index contributed by atoms with van der Waals surface area (Å²) < 4.78 is 30.2. The van der Waals surface area contributed by atoms with Gasteiger partial charge in [-0.1, -0.05) is 24.3 Å². The Morgan fingerprint density at radius 3 is 2.59 bits per heavy atom. The van der Waals surface area contributed by atoms with E-state index < -0.39 is 10.0 Å². The molecule has 1 N–H and O–H groups in total. The van der Waals surface area contributed by atoms with E-state index in [-0.39, 0.29) is 11.6 Å². The Balaban J connectivity index is 1.07. The molecule has 182 valence electrons. The van der Waals surface area contributed by atoms with Gasteiger partial charge in [0.2, 0.25) is 10.0 Å². The first-order valence-corrected chi connectivity index (χ1v) is 14.2. The third-order valence-electron chi connectivity index (χ3n) is 8.62. The molecule has 0 saturated carbocycles. The van der Waals surface area contributed by atoms with Crippen LogP contribution in [0.2, 0.25) is 0 Å². The molecule has 0 aliphatic carbocycles. The van der Waals surface area contributed by atoms with Crippen molar-refractivity contribution in [3.05, 3.63) is 64.6 Å². The molecule has 4 bridgehead atoms. The summed E-state index contributed by atoms with van der Waals surface area (Å²) >= 11 is 0. The van der Waals surface area contributed by atoms with E-state index in [0.717, 1.165) is 45.7 Å². The zero-order valence-corrected chi connectivity index (χ0v) is 20.4. The number of nitrogens with zero attached hydrogens (tertiary/aromatic N) is 3. The highest BCUT2D eigenvalue weighted by atomic mass is 32.2. The molecular weight excluding hydrogens is 448 g/mol. The average molecular weight is 483 g/mol. The third kappa shape index (κ3) is 4.26. The van der Waals surface area contributed by atoms with E-state index in [9.17, 15) is 13.2 Å². The first-order valence-electron chi connectivity index (χ1n) is 12.7. The lowest BCUT2D eigenvalue weighted by molar-refractivity contribution is -0.0187. The van der Waals surface area contributed by atoms with Gasteiger partial charge in [-0.15, -0.1) is 0 Å². The number of hydrogen-bond acceptors (Lipinski definition) is 5. The number of likely N-dealkylation sites (tertiary alicyclic amines) is 1. The Morgan fingerprint density at radius 1 is 0.941 bits per heavy atom. The molecule has 0 radical (unpaired) electrons. The number of pyridine rings is 1. The van der Waals surface area contributed by atoms with Gasteiger partial charge in [0.15, 0.2) is 0 Å². The molecular formula is C26H34N4O3S. The maximum atomic E-state index is 12.7. The van der Waals surface area contributed by atoms with Crippen molar-refractivity contribution in [1.82, 2.24) is 19.1 Å². The number of nitrogens with one attached hydrogen (secondary N) is 1. The zero-order valence-electron chi connectivity index (χ0n) is 19.6. The maximum Gasteiger partial charge on any atom is 0.250 e. The fraction of sp³-hybridized carbons (Fsp3) is 0.577. The molecule has 6 unspecified atom stereocenters. The first-order chi connectivity index (χ1) is 16.5. The fourth-order valence-electron chi connectivity index (χ4n) is 7.03. The van der Waals surface area contributed by atoms with Crippen molar-refractivity contribution < 1.29 is 8.42 Å². The lowest BCUT2D eigenvalue weighted by atomic mass is 9.74. The smallest absolute Gasteiger partial charge is 0.250 e. The average Bonchev–Trinajstić information content (AvgIpc) is 2.85. The van der Waals surface area contributed by atoms with Crippen LogP contribution in [0, 0.1) is 17.8 Å². The van der Waals surface area contributed by atoms with Gasteiger partial charge in [-0.2, -0.15) is 0 Å². The van der Waals surface area contributed by atoms with E-state index in [1.807, 2.05) is 16.7 Å². The van der Waals surface area contributed by atoms with Gasteiger partial charge in [-0.25, -0.2) is 13.1 Å². The number of hydrogen-bond donors (Lipinski definition) is 1. The quantitative estimate of drug-likeness (QED) is 0.681. The van der Waals surface area contributed by atoms with Crippen molar-refractivity contribution in [3.8, 4) is 0 Å². The third-order valence-corrected chi connectivity index (χ3v) is 10.1. The number of aromatic nitrogens is 1. The summed E-state index contributed by atoms with van der Waals surface area (Å²) in [6, 6.07) is 14.7. The van der Waals surface area contributed by atoms with Crippen LogP contribution < -0.4 is 10.3 Å². The van der Waals surface area contributed by atoms with Crippen LogP contribution in [-0.2, 0) is 16.6 Å². The molecule has 8 heteroatoms. The van der Waals surface area contributed by atoms with Crippen LogP contribution in [0.15, 0.2) is 58.2 Å². The molecule has 6 heterocycles. The van der Waals surface area contributed by atoms with Crippen LogP contribution in [0.4, 0.5) is 0 Å². The Bertz CT molecular complexity index is 1200. The Morgan fingerprint density at radius 2 is 1.79 bits per heavy atom. The minimum Gasteiger partial charge on any atom is -0.312 e. The summed E-state index contributed by atoms with van der Waals surface area (Å²) in [6.07, 6.45) is 3.48. The van der Waals surface area contributed by atoms with Crippen molar-refractivity contribution in [2.45, 2.75) is 42.7 Å². The van der Waals surface area contributed by atoms with E-state index in [4.69, 9.17) is 0 Å². The van der Waals surface area contributed by atoms with Crippen LogP contribution in [-0.4, -0.2) is 68.1 Å². The Labute approximate surface area is 201 Å². The molecule has 6 atom stereocenters. The van der Waals surface area contributed by atoms with E-state index in [2.05, 4.69) is 20.6 Å². The number of sulfonamides is 1. The summed E-state index contributed by atoms with van der Waals surface area (Å²) in [5, 5.41) is 0. The molecule has 7 nitrogen and oxygen atoms in total. The molecule has 5 aliphatic rings. The largest absolute Gasteiger partial charge is 0.312 e. The van der Waals surface area contributed by atoms with Crippen LogP contribution in [0.1, 0.15) is 30.9 Å². The first kappa shape index (κ1) is 22.5. The van der Waals surface area contributed by atoms with Crippen LogP contribution in [0.3, 0.4) is 0 Å². The van der Waals surface area contributed by atoms with Crippen molar-refractivity contribution in [2.24, 2.45) is 17.8 Å². The molecule has 34 heavy (non-hydrogen) atoms. The van der Waals surface area contributed by atoms with Gasteiger partial charge in [0.05, 0.1) is 4.90 Å². The molecule has 7 rings (SSSR count). The molecule has 0 amide bonds. The summed E-state index contributed by atoms with van der Waals surface area (Å²) in [7, 11) is -3.46. The highest BCUT2D eigenvalue weighted by Gasteiger charge is 2.42. The SMILES string of the molecule is O=c1cccc2n1CC1CC2CN(CC2CN3CCC2CC3CNS(=O)(=O)c2ccccc2)C1. The van der Waals surface area contributed by atoms with Crippen LogP contribution in [0.25, 0.3) is 0 Å². The highest BCUT2D eigenvalue weighted by Crippen LogP contribution is 2.39. The molecule has 5 aliphatic heterocycles. The van der Waals surface area contributed by atoms with Gasteiger partial charge in [-0.3, -0.25) is 9.69 Å². The molecule has 4 saturated heterocycles. The molecule has 0 spiro atoms. The van der Waals surface area contributed by atoms with Gasteiger partial charge in [0.25, 0.3) is 5.56 Å². The van der Waals surface area contributed by atoms with Gasteiger partial charge < -0.3 is 9.47 Å². The molecule has 4 fully saturated rings. The van der Waals surface area contributed by atoms with Crippen molar-refractivity contribution in [2.75, 3.05) is 39.3 Å². The summed E-state index contributed by atoms with van der Waals surface area (Å²) in [5.74, 6) is 2.33. The second-order valence-corrected chi connectivity index (χ2v) is 12.5. The van der Waals surface area contributed by atoms with E-state index in [1.165, 1.54) is 18.5 Å². The minimum absolute atomic E-state index is 0.145. The van der Waals surface area contributed by atoms with Crippen LogP contribution >= 0.6 is 0 Å². The molecule has 2 aromatic rings. The summed E-state index contributed by atoms with van der Waals surface area (Å²) in [5.41, 5.74) is 1.36. The second kappa shape index (κ2) is 8.90. The monoisotopic (exact) mass is 482 g/mol. The molecule has 1 aromatic carbocycles. The number of piperidine rings is 4. The van der Waals surface area contributed by atoms with Crippen molar-refractivity contribution in [1.29, 1.82) is 0 Å². The Kier molecular flexibility index (Phi) is 5.88.